The molecule has 3 aromatic rings. The molecule has 2 heterocycles. The molecule has 2 aromatic heterocycles. The lowest BCUT2D eigenvalue weighted by atomic mass is 10.3. The van der Waals surface area contributed by atoms with Gasteiger partial charge in [0.25, 0.3) is 0 Å². The number of aromatic nitrogens is 2. The van der Waals surface area contributed by atoms with E-state index in [0.717, 1.165) is 16.5 Å². The average molecular weight is 306 g/mol. The first-order chi connectivity index (χ1) is 9.54. The second-order valence-corrected chi connectivity index (χ2v) is 7.08. The van der Waals surface area contributed by atoms with E-state index in [2.05, 4.69) is 9.97 Å². The largest absolute Gasteiger partial charge is 0.438 e. The van der Waals surface area contributed by atoms with Crippen molar-refractivity contribution >= 4 is 31.4 Å². The van der Waals surface area contributed by atoms with Crippen LogP contribution >= 0.6 is 11.3 Å². The van der Waals surface area contributed by atoms with Crippen molar-refractivity contribution in [2.45, 2.75) is 4.90 Å². The van der Waals surface area contributed by atoms with Gasteiger partial charge in [-0.25, -0.2) is 18.4 Å². The van der Waals surface area contributed by atoms with Gasteiger partial charge in [0.05, 0.1) is 10.3 Å². The molecule has 0 bridgehead atoms. The highest BCUT2D eigenvalue weighted by atomic mass is 32.2. The van der Waals surface area contributed by atoms with E-state index in [-0.39, 0.29) is 4.90 Å². The molecule has 0 aliphatic rings. The number of fused-ring (bicyclic) bond motifs is 1. The van der Waals surface area contributed by atoms with E-state index in [0.29, 0.717) is 11.6 Å². The Bertz CT molecular complexity index is 872. The van der Waals surface area contributed by atoms with E-state index in [1.54, 1.807) is 12.1 Å². The number of nitrogens with zero attached hydrogens (tertiary/aromatic N) is 2. The standard InChI is InChI=1S/C13H10N2O3S2/c1-20(16,17)10-4-2-3-9(7-10)18-12-11-5-6-19-13(11)15-8-14-12/h2-8H,1H3. The van der Waals surface area contributed by atoms with Crippen molar-refractivity contribution in [3.8, 4) is 11.6 Å². The van der Waals surface area contributed by atoms with Gasteiger partial charge in [-0.05, 0) is 29.6 Å². The van der Waals surface area contributed by atoms with E-state index in [1.165, 1.54) is 29.8 Å². The van der Waals surface area contributed by atoms with Crippen molar-refractivity contribution in [2.24, 2.45) is 0 Å². The topological polar surface area (TPSA) is 69.2 Å². The van der Waals surface area contributed by atoms with Crippen LogP contribution in [0.25, 0.3) is 10.2 Å². The van der Waals surface area contributed by atoms with Gasteiger partial charge in [0.1, 0.15) is 16.9 Å². The quantitative estimate of drug-likeness (QED) is 0.744. The first-order valence-electron chi connectivity index (χ1n) is 5.70. The van der Waals surface area contributed by atoms with Gasteiger partial charge in [0.2, 0.25) is 5.88 Å². The van der Waals surface area contributed by atoms with Crippen LogP contribution < -0.4 is 4.74 Å². The average Bonchev–Trinajstić information content (AvgIpc) is 2.87. The zero-order valence-corrected chi connectivity index (χ0v) is 12.1. The van der Waals surface area contributed by atoms with E-state index in [1.807, 2.05) is 11.4 Å². The molecule has 0 unspecified atom stereocenters. The van der Waals surface area contributed by atoms with Gasteiger partial charge in [-0.3, -0.25) is 0 Å². The summed E-state index contributed by atoms with van der Waals surface area (Å²) in [6.45, 7) is 0. The second kappa shape index (κ2) is 4.84. The molecule has 0 aliphatic carbocycles. The van der Waals surface area contributed by atoms with Gasteiger partial charge in [0, 0.05) is 6.26 Å². The van der Waals surface area contributed by atoms with Crippen LogP contribution in [-0.4, -0.2) is 24.6 Å². The van der Waals surface area contributed by atoms with E-state index in [9.17, 15) is 8.42 Å². The molecule has 0 saturated carbocycles. The molecule has 0 radical (unpaired) electrons. The minimum Gasteiger partial charge on any atom is -0.438 e. The van der Waals surface area contributed by atoms with Crippen LogP contribution in [0.5, 0.6) is 11.6 Å². The van der Waals surface area contributed by atoms with Gasteiger partial charge in [-0.1, -0.05) is 6.07 Å². The minimum atomic E-state index is -3.26. The van der Waals surface area contributed by atoms with Gasteiger partial charge in [-0.15, -0.1) is 11.3 Å². The van der Waals surface area contributed by atoms with E-state index >= 15 is 0 Å². The summed E-state index contributed by atoms with van der Waals surface area (Å²) in [5.74, 6) is 0.848. The Morgan fingerprint density at radius 3 is 2.85 bits per heavy atom. The van der Waals surface area contributed by atoms with Crippen LogP contribution in [0.1, 0.15) is 0 Å². The maximum atomic E-state index is 11.5. The second-order valence-electron chi connectivity index (χ2n) is 4.17. The molecule has 0 amide bonds. The zero-order valence-electron chi connectivity index (χ0n) is 10.5. The Labute approximate surface area is 119 Å². The van der Waals surface area contributed by atoms with Gasteiger partial charge < -0.3 is 4.74 Å². The number of hydrogen-bond acceptors (Lipinski definition) is 6. The lowest BCUT2D eigenvalue weighted by molar-refractivity contribution is 0.466. The molecule has 0 saturated heterocycles. The summed E-state index contributed by atoms with van der Waals surface area (Å²) in [6.07, 6.45) is 2.59. The summed E-state index contributed by atoms with van der Waals surface area (Å²) in [5, 5.41) is 2.71. The van der Waals surface area contributed by atoms with Crippen molar-refractivity contribution < 1.29 is 13.2 Å². The Balaban J connectivity index is 2.01. The number of ether oxygens (including phenoxy) is 1. The maximum Gasteiger partial charge on any atom is 0.231 e. The highest BCUT2D eigenvalue weighted by Crippen LogP contribution is 2.30. The Morgan fingerprint density at radius 2 is 2.05 bits per heavy atom. The van der Waals surface area contributed by atoms with Crippen molar-refractivity contribution in [3.05, 3.63) is 42.0 Å². The Morgan fingerprint density at radius 1 is 1.20 bits per heavy atom. The van der Waals surface area contributed by atoms with Crippen LogP contribution in [0.2, 0.25) is 0 Å². The summed E-state index contributed by atoms with van der Waals surface area (Å²) >= 11 is 1.49. The summed E-state index contributed by atoms with van der Waals surface area (Å²) in [6, 6.07) is 8.21. The van der Waals surface area contributed by atoms with Crippen molar-refractivity contribution in [3.63, 3.8) is 0 Å². The third-order valence-electron chi connectivity index (χ3n) is 2.67. The zero-order chi connectivity index (χ0) is 14.2. The fourth-order valence-corrected chi connectivity index (χ4v) is 3.11. The van der Waals surface area contributed by atoms with Gasteiger partial charge >= 0.3 is 0 Å². The molecular weight excluding hydrogens is 296 g/mol. The third-order valence-corrected chi connectivity index (χ3v) is 4.60. The maximum absolute atomic E-state index is 11.5. The number of rotatable bonds is 3. The molecule has 5 nitrogen and oxygen atoms in total. The number of sulfone groups is 1. The van der Waals surface area contributed by atoms with Crippen LogP contribution in [-0.2, 0) is 9.84 Å². The molecular formula is C13H10N2O3S2. The molecule has 7 heteroatoms. The van der Waals surface area contributed by atoms with Gasteiger partial charge in [-0.2, -0.15) is 0 Å². The van der Waals surface area contributed by atoms with Crippen molar-refractivity contribution in [1.29, 1.82) is 0 Å². The summed E-state index contributed by atoms with van der Waals surface area (Å²) in [7, 11) is -3.26. The van der Waals surface area contributed by atoms with Crippen molar-refractivity contribution in [1.82, 2.24) is 9.97 Å². The molecule has 20 heavy (non-hydrogen) atoms. The Hall–Kier alpha value is -1.99. The number of benzene rings is 1. The summed E-state index contributed by atoms with van der Waals surface area (Å²) < 4.78 is 28.7. The van der Waals surface area contributed by atoms with E-state index < -0.39 is 9.84 Å². The smallest absolute Gasteiger partial charge is 0.231 e. The highest BCUT2D eigenvalue weighted by molar-refractivity contribution is 7.90. The SMILES string of the molecule is CS(=O)(=O)c1cccc(Oc2ncnc3sccc23)c1. The lowest BCUT2D eigenvalue weighted by Gasteiger charge is -2.06. The fraction of sp³-hybridized carbons (Fsp3) is 0.0769. The van der Waals surface area contributed by atoms with E-state index in [4.69, 9.17) is 4.74 Å². The monoisotopic (exact) mass is 306 g/mol. The van der Waals surface area contributed by atoms with Crippen LogP contribution in [0.4, 0.5) is 0 Å². The number of hydrogen-bond donors (Lipinski definition) is 0. The molecule has 0 fully saturated rings. The molecule has 102 valence electrons. The molecule has 1 aromatic carbocycles. The Kier molecular flexibility index (Phi) is 3.15. The predicted octanol–water partition coefficient (Wildman–Crippen LogP) is 2.89. The summed E-state index contributed by atoms with van der Waals surface area (Å²) in [4.78, 5) is 9.26. The van der Waals surface area contributed by atoms with Crippen LogP contribution in [0.15, 0.2) is 46.9 Å². The van der Waals surface area contributed by atoms with Crippen LogP contribution in [0.3, 0.4) is 0 Å². The highest BCUT2D eigenvalue weighted by Gasteiger charge is 2.10. The summed E-state index contributed by atoms with van der Waals surface area (Å²) in [5.41, 5.74) is 0. The molecule has 0 aliphatic heterocycles. The molecule has 0 atom stereocenters. The predicted molar refractivity (Wildman–Crippen MR) is 77.0 cm³/mol. The normalized spacial score (nSPS) is 11.7. The molecule has 0 spiro atoms. The van der Waals surface area contributed by atoms with Gasteiger partial charge in [0.15, 0.2) is 9.84 Å². The van der Waals surface area contributed by atoms with Crippen molar-refractivity contribution in [2.75, 3.05) is 6.26 Å². The first-order valence-corrected chi connectivity index (χ1v) is 8.47. The number of thiophene rings is 1. The first kappa shape index (κ1) is 13.0. The van der Waals surface area contributed by atoms with Crippen LogP contribution in [0, 0.1) is 0 Å². The minimum absolute atomic E-state index is 0.214. The lowest BCUT2D eigenvalue weighted by Crippen LogP contribution is -1.97. The fourth-order valence-electron chi connectivity index (χ4n) is 1.73. The molecule has 3 rings (SSSR count). The third kappa shape index (κ3) is 2.50. The molecule has 0 N–H and O–H groups in total.